The molecule has 1 aliphatic carbocycles. The summed E-state index contributed by atoms with van der Waals surface area (Å²) in [4.78, 5) is 12.4. The van der Waals surface area contributed by atoms with Gasteiger partial charge in [0.1, 0.15) is 16.9 Å². The number of rotatable bonds is 4. The van der Waals surface area contributed by atoms with E-state index in [4.69, 9.17) is 4.74 Å². The fourth-order valence-electron chi connectivity index (χ4n) is 3.05. The van der Waals surface area contributed by atoms with Crippen LogP contribution in [0.4, 0.5) is 35.1 Å². The summed E-state index contributed by atoms with van der Waals surface area (Å²) in [5.74, 6) is -8.71. The van der Waals surface area contributed by atoms with Crippen LogP contribution in [-0.4, -0.2) is 28.0 Å². The fourth-order valence-corrected chi connectivity index (χ4v) is 3.31. The highest BCUT2D eigenvalue weighted by atomic mass is 127. The second kappa shape index (κ2) is 7.43. The van der Waals surface area contributed by atoms with Crippen LogP contribution >= 0.6 is 22.6 Å². The molecule has 2 rings (SSSR count). The van der Waals surface area contributed by atoms with Crippen LogP contribution in [-0.2, 0) is 17.1 Å². The minimum absolute atomic E-state index is 0.0192. The molecule has 0 aromatic heterocycles. The predicted molar refractivity (Wildman–Crippen MR) is 83.4 cm³/mol. The van der Waals surface area contributed by atoms with Gasteiger partial charge < -0.3 is 9.84 Å². The second-order valence-electron chi connectivity index (χ2n) is 5.76. The molecule has 12 heteroatoms. The number of alkyl halides is 7. The van der Waals surface area contributed by atoms with E-state index >= 15 is 0 Å². The van der Waals surface area contributed by atoms with Gasteiger partial charge in [0.05, 0.1) is 24.7 Å². The summed E-state index contributed by atoms with van der Waals surface area (Å²) < 4.78 is 113. The van der Waals surface area contributed by atoms with Gasteiger partial charge >= 0.3 is 12.4 Å². The summed E-state index contributed by atoms with van der Waals surface area (Å²) >= 11 is 1.88. The van der Waals surface area contributed by atoms with Gasteiger partial charge in [-0.05, 0) is 6.92 Å². The van der Waals surface area contributed by atoms with Gasteiger partial charge in [-0.2, -0.15) is 26.3 Å². The average Bonchev–Trinajstić information content (AvgIpc) is 2.74. The predicted octanol–water partition coefficient (Wildman–Crippen LogP) is 4.69. The highest BCUT2D eigenvalue weighted by molar-refractivity contribution is 14.1. The van der Waals surface area contributed by atoms with E-state index in [1.54, 1.807) is 0 Å². The lowest BCUT2D eigenvalue weighted by Crippen LogP contribution is -2.29. The molecule has 27 heavy (non-hydrogen) atoms. The number of ketones is 1. The van der Waals surface area contributed by atoms with Gasteiger partial charge in [0.2, 0.25) is 0 Å². The van der Waals surface area contributed by atoms with E-state index < -0.39 is 70.1 Å². The fraction of sp³-hybridized carbons (Fsp3) is 0.533. The van der Waals surface area contributed by atoms with Crippen molar-refractivity contribution in [3.63, 3.8) is 0 Å². The molecule has 0 heterocycles. The monoisotopic (exact) mass is 518 g/mol. The van der Waals surface area contributed by atoms with E-state index in [1.165, 1.54) is 6.92 Å². The number of Topliss-reactive ketones (excluding diaryl/α,β-unsaturated/α-hetero) is 1. The maximum absolute atomic E-state index is 14.3. The van der Waals surface area contributed by atoms with Crippen LogP contribution in [0.15, 0.2) is 0 Å². The highest BCUT2D eigenvalue weighted by Gasteiger charge is 2.55. The number of ether oxygens (including phenoxy) is 1. The number of halogens is 9. The molecule has 0 fully saturated rings. The first-order valence-corrected chi connectivity index (χ1v) is 8.86. The number of carbonyl (C=O) groups is 1. The van der Waals surface area contributed by atoms with E-state index in [9.17, 15) is 45.0 Å². The zero-order valence-electron chi connectivity index (χ0n) is 13.3. The third kappa shape index (κ3) is 3.79. The van der Waals surface area contributed by atoms with Crippen molar-refractivity contribution in [3.8, 4) is 0 Å². The van der Waals surface area contributed by atoms with Crippen LogP contribution in [0, 0.1) is 17.6 Å². The molecule has 1 N–H and O–H groups in total. The Kier molecular flexibility index (Phi) is 6.13. The first-order valence-electron chi connectivity index (χ1n) is 7.34. The van der Waals surface area contributed by atoms with E-state index in [0.29, 0.717) is 4.43 Å². The Labute approximate surface area is 160 Å². The zero-order chi connectivity index (χ0) is 20.9. The van der Waals surface area contributed by atoms with E-state index in [-0.39, 0.29) is 6.61 Å². The van der Waals surface area contributed by atoms with Gasteiger partial charge in [0.25, 0.3) is 0 Å². The topological polar surface area (TPSA) is 46.5 Å². The normalized spacial score (nSPS) is 21.5. The van der Waals surface area contributed by atoms with Crippen molar-refractivity contribution in [2.45, 2.75) is 31.5 Å². The van der Waals surface area contributed by atoms with Gasteiger partial charge in [-0.15, -0.1) is 0 Å². The Morgan fingerprint density at radius 2 is 1.59 bits per heavy atom. The van der Waals surface area contributed by atoms with E-state index in [2.05, 4.69) is 0 Å². The van der Waals surface area contributed by atoms with Crippen LogP contribution in [0.25, 0.3) is 0 Å². The summed E-state index contributed by atoms with van der Waals surface area (Å²) in [5, 5.41) is 10.1. The Balaban J connectivity index is 2.80. The number of hydrogen-bond acceptors (Lipinski definition) is 3. The first-order chi connectivity index (χ1) is 12.2. The standard InChI is InChI=1S/C15H11F8IO3/c1-4(27-3-2-24)5-12(25)6-7(13(5)26)10(16)9(15(21,22)23)11(17)8(6)14(18,19)20/h4-5,13,26H,2-3H2,1H3. The van der Waals surface area contributed by atoms with Crippen molar-refractivity contribution in [2.75, 3.05) is 11.0 Å². The number of aliphatic hydroxyl groups is 1. The van der Waals surface area contributed by atoms with Crippen LogP contribution in [0.1, 0.15) is 40.1 Å². The average molecular weight is 518 g/mol. The molecule has 1 aromatic rings. The molecule has 3 unspecified atom stereocenters. The van der Waals surface area contributed by atoms with Crippen LogP contribution in [0.3, 0.4) is 0 Å². The molecular formula is C15H11F8IO3. The van der Waals surface area contributed by atoms with Gasteiger partial charge in [-0.3, -0.25) is 4.79 Å². The molecule has 0 bridgehead atoms. The lowest BCUT2D eigenvalue weighted by Gasteiger charge is -2.21. The number of fused-ring (bicyclic) bond motifs is 1. The van der Waals surface area contributed by atoms with Crippen LogP contribution < -0.4 is 0 Å². The molecule has 152 valence electrons. The molecule has 0 spiro atoms. The van der Waals surface area contributed by atoms with Crippen molar-refractivity contribution in [3.05, 3.63) is 33.9 Å². The maximum Gasteiger partial charge on any atom is 0.422 e. The molecule has 3 nitrogen and oxygen atoms in total. The minimum atomic E-state index is -5.81. The molecule has 3 atom stereocenters. The van der Waals surface area contributed by atoms with Gasteiger partial charge in [-0.1, -0.05) is 22.6 Å². The van der Waals surface area contributed by atoms with Crippen LogP contribution in [0.5, 0.6) is 0 Å². The highest BCUT2D eigenvalue weighted by Crippen LogP contribution is 2.50. The van der Waals surface area contributed by atoms with Crippen molar-refractivity contribution in [2.24, 2.45) is 5.92 Å². The van der Waals surface area contributed by atoms with Crippen molar-refractivity contribution >= 4 is 28.4 Å². The first kappa shape index (κ1) is 22.3. The van der Waals surface area contributed by atoms with Crippen LogP contribution in [0.2, 0.25) is 0 Å². The molecule has 0 aliphatic heterocycles. The number of carbonyl (C=O) groups excluding carboxylic acids is 1. The maximum atomic E-state index is 14.3. The lowest BCUT2D eigenvalue weighted by atomic mass is 9.95. The smallest absolute Gasteiger partial charge is 0.387 e. The third-order valence-corrected chi connectivity index (χ3v) is 4.57. The summed E-state index contributed by atoms with van der Waals surface area (Å²) in [7, 11) is 0. The third-order valence-electron chi connectivity index (χ3n) is 4.13. The Morgan fingerprint density at radius 3 is 2.04 bits per heavy atom. The quantitative estimate of drug-likeness (QED) is 0.358. The Hall–Kier alpha value is -1.02. The summed E-state index contributed by atoms with van der Waals surface area (Å²) in [6.45, 7) is 1.21. The van der Waals surface area contributed by atoms with Gasteiger partial charge in [-0.25, -0.2) is 8.78 Å². The van der Waals surface area contributed by atoms with Gasteiger partial charge in [0.15, 0.2) is 11.6 Å². The Morgan fingerprint density at radius 1 is 1.07 bits per heavy atom. The van der Waals surface area contributed by atoms with E-state index in [0.717, 1.165) is 0 Å². The molecule has 1 aromatic carbocycles. The minimum Gasteiger partial charge on any atom is -0.387 e. The molecular weight excluding hydrogens is 507 g/mol. The largest absolute Gasteiger partial charge is 0.422 e. The molecule has 0 saturated heterocycles. The number of aliphatic hydroxyl groups excluding tert-OH is 1. The summed E-state index contributed by atoms with van der Waals surface area (Å²) in [6.07, 6.45) is -15.1. The second-order valence-corrected chi connectivity index (χ2v) is 6.84. The molecule has 0 amide bonds. The van der Waals surface area contributed by atoms with Crippen molar-refractivity contribution in [1.29, 1.82) is 0 Å². The van der Waals surface area contributed by atoms with Crippen molar-refractivity contribution in [1.82, 2.24) is 0 Å². The summed E-state index contributed by atoms with van der Waals surface area (Å²) in [5.41, 5.74) is -8.50. The number of hydrogen-bond donors (Lipinski definition) is 1. The molecule has 0 radical (unpaired) electrons. The number of benzene rings is 1. The molecule has 0 saturated carbocycles. The lowest BCUT2D eigenvalue weighted by molar-refractivity contribution is -0.149. The van der Waals surface area contributed by atoms with Gasteiger partial charge in [0, 0.05) is 15.6 Å². The zero-order valence-corrected chi connectivity index (χ0v) is 15.5. The Bertz CT molecular complexity index is 759. The summed E-state index contributed by atoms with van der Waals surface area (Å²) in [6, 6.07) is 0. The van der Waals surface area contributed by atoms with E-state index in [1.807, 2.05) is 22.6 Å². The SMILES string of the molecule is CC(OCCI)C1C(=O)c2c(c(F)c(C(F)(F)F)c(F)c2C(F)(F)F)C1O. The van der Waals surface area contributed by atoms with Crippen molar-refractivity contribution < 1.29 is 49.8 Å². The molecule has 1 aliphatic rings.